The topological polar surface area (TPSA) is 88.6 Å². The lowest BCUT2D eigenvalue weighted by molar-refractivity contribution is -0.119. The molecular formula is C22H19N3O4. The van der Waals surface area contributed by atoms with E-state index in [9.17, 15) is 14.4 Å². The zero-order valence-corrected chi connectivity index (χ0v) is 15.6. The molecule has 2 heterocycles. The van der Waals surface area contributed by atoms with Crippen LogP contribution >= 0.6 is 0 Å². The second kappa shape index (κ2) is 8.10. The maximum atomic E-state index is 12.2. The van der Waals surface area contributed by atoms with Crippen LogP contribution in [0.4, 0.5) is 11.4 Å². The van der Waals surface area contributed by atoms with Gasteiger partial charge in [-0.15, -0.1) is 0 Å². The number of amides is 2. The number of nitrogens with one attached hydrogen (secondary N) is 1. The van der Waals surface area contributed by atoms with Crippen molar-refractivity contribution in [1.29, 1.82) is 0 Å². The molecule has 3 aromatic rings. The molecule has 1 fully saturated rings. The number of anilines is 2. The van der Waals surface area contributed by atoms with E-state index in [1.165, 1.54) is 0 Å². The molecule has 1 saturated heterocycles. The van der Waals surface area contributed by atoms with Crippen molar-refractivity contribution in [2.24, 2.45) is 0 Å². The van der Waals surface area contributed by atoms with E-state index in [4.69, 9.17) is 4.74 Å². The number of benzene rings is 2. The largest absolute Gasteiger partial charge is 0.451 e. The summed E-state index contributed by atoms with van der Waals surface area (Å²) in [6.45, 7) is 0.243. The smallest absolute Gasteiger partial charge is 0.357 e. The van der Waals surface area contributed by atoms with Gasteiger partial charge in [0.1, 0.15) is 5.69 Å². The Morgan fingerprint density at radius 2 is 1.93 bits per heavy atom. The highest BCUT2D eigenvalue weighted by molar-refractivity contribution is 5.98. The van der Waals surface area contributed by atoms with E-state index in [0.29, 0.717) is 24.2 Å². The van der Waals surface area contributed by atoms with Crippen LogP contribution in [0.25, 0.3) is 10.9 Å². The van der Waals surface area contributed by atoms with Gasteiger partial charge in [-0.2, -0.15) is 0 Å². The van der Waals surface area contributed by atoms with Crippen molar-refractivity contribution in [3.8, 4) is 0 Å². The number of aromatic nitrogens is 1. The molecule has 0 atom stereocenters. The molecule has 2 amide bonds. The van der Waals surface area contributed by atoms with Crippen LogP contribution < -0.4 is 10.2 Å². The summed E-state index contributed by atoms with van der Waals surface area (Å²) in [7, 11) is 0. The molecule has 0 radical (unpaired) electrons. The normalized spacial score (nSPS) is 13.5. The summed E-state index contributed by atoms with van der Waals surface area (Å²) in [6.07, 6.45) is 1.36. The molecule has 0 bridgehead atoms. The lowest BCUT2D eigenvalue weighted by atomic mass is 10.2. The molecule has 0 aliphatic carbocycles. The molecular weight excluding hydrogens is 370 g/mol. The summed E-state index contributed by atoms with van der Waals surface area (Å²) in [5.41, 5.74) is 2.10. The fourth-order valence-electron chi connectivity index (χ4n) is 3.25. The summed E-state index contributed by atoms with van der Waals surface area (Å²) in [5, 5.41) is 3.60. The number of pyridine rings is 1. The number of fused-ring (bicyclic) bond motifs is 1. The number of ether oxygens (including phenoxy) is 1. The van der Waals surface area contributed by atoms with E-state index in [1.54, 1.807) is 41.3 Å². The Bertz CT molecular complexity index is 1100. The molecule has 146 valence electrons. The zero-order chi connectivity index (χ0) is 20.2. The van der Waals surface area contributed by atoms with Gasteiger partial charge >= 0.3 is 5.97 Å². The van der Waals surface area contributed by atoms with Crippen molar-refractivity contribution in [1.82, 2.24) is 4.98 Å². The van der Waals surface area contributed by atoms with Gasteiger partial charge in [-0.05, 0) is 36.8 Å². The third kappa shape index (κ3) is 4.24. The van der Waals surface area contributed by atoms with Crippen LogP contribution in [0.3, 0.4) is 0 Å². The van der Waals surface area contributed by atoms with E-state index in [1.807, 2.05) is 24.3 Å². The Morgan fingerprint density at radius 3 is 2.76 bits per heavy atom. The Hall–Kier alpha value is -3.74. The second-order valence-corrected chi connectivity index (χ2v) is 6.71. The minimum Gasteiger partial charge on any atom is -0.451 e. The van der Waals surface area contributed by atoms with E-state index < -0.39 is 18.5 Å². The molecule has 7 nitrogen and oxygen atoms in total. The van der Waals surface area contributed by atoms with Gasteiger partial charge < -0.3 is 15.0 Å². The molecule has 4 rings (SSSR count). The number of carbonyl (C=O) groups is 3. The van der Waals surface area contributed by atoms with Gasteiger partial charge in [0.2, 0.25) is 5.91 Å². The lowest BCUT2D eigenvalue weighted by Crippen LogP contribution is -2.24. The summed E-state index contributed by atoms with van der Waals surface area (Å²) in [4.78, 5) is 42.2. The molecule has 1 aromatic heterocycles. The number of carbonyl (C=O) groups excluding carboxylic acids is 3. The van der Waals surface area contributed by atoms with Crippen molar-refractivity contribution in [2.45, 2.75) is 12.8 Å². The highest BCUT2D eigenvalue weighted by atomic mass is 16.5. The molecule has 1 aliphatic heterocycles. The average molecular weight is 389 g/mol. The number of rotatable bonds is 5. The molecule has 2 aromatic carbocycles. The van der Waals surface area contributed by atoms with Crippen LogP contribution in [0.5, 0.6) is 0 Å². The molecule has 0 spiro atoms. The van der Waals surface area contributed by atoms with Gasteiger partial charge in [-0.3, -0.25) is 9.59 Å². The van der Waals surface area contributed by atoms with E-state index in [0.717, 1.165) is 17.5 Å². The first-order chi connectivity index (χ1) is 14.1. The highest BCUT2D eigenvalue weighted by Crippen LogP contribution is 2.24. The standard InChI is InChI=1S/C22H19N3O4/c26-20(23-16-6-3-7-17(13-16)25-12-4-9-21(25)27)14-29-22(28)19-11-10-15-5-1-2-8-18(15)24-19/h1-3,5-8,10-11,13H,4,9,12,14H2,(H,23,26). The quantitative estimate of drug-likeness (QED) is 0.677. The van der Waals surface area contributed by atoms with Gasteiger partial charge in [-0.25, -0.2) is 9.78 Å². The van der Waals surface area contributed by atoms with Gasteiger partial charge in [-0.1, -0.05) is 30.3 Å². The first-order valence-electron chi connectivity index (χ1n) is 9.33. The fraction of sp³-hybridized carbons (Fsp3) is 0.182. The van der Waals surface area contributed by atoms with Crippen LogP contribution in [-0.4, -0.2) is 35.9 Å². The first kappa shape index (κ1) is 18.6. The molecule has 29 heavy (non-hydrogen) atoms. The number of hydrogen-bond donors (Lipinski definition) is 1. The third-order valence-corrected chi connectivity index (χ3v) is 4.66. The SMILES string of the molecule is O=C(COC(=O)c1ccc2ccccc2n1)Nc1cccc(N2CCCC2=O)c1. The van der Waals surface area contributed by atoms with Crippen molar-refractivity contribution in [3.05, 3.63) is 66.4 Å². The predicted octanol–water partition coefficient (Wildman–Crippen LogP) is 3.16. The minimum absolute atomic E-state index is 0.0743. The van der Waals surface area contributed by atoms with E-state index >= 15 is 0 Å². The predicted molar refractivity (Wildman–Crippen MR) is 109 cm³/mol. The Balaban J connectivity index is 1.36. The van der Waals surface area contributed by atoms with E-state index in [2.05, 4.69) is 10.3 Å². The fourth-order valence-corrected chi connectivity index (χ4v) is 3.25. The van der Waals surface area contributed by atoms with Crippen LogP contribution in [0.1, 0.15) is 23.3 Å². The van der Waals surface area contributed by atoms with Gasteiger partial charge in [0.05, 0.1) is 5.52 Å². The van der Waals surface area contributed by atoms with Gasteiger partial charge in [0, 0.05) is 29.7 Å². The molecule has 7 heteroatoms. The van der Waals surface area contributed by atoms with Crippen LogP contribution in [-0.2, 0) is 14.3 Å². The summed E-state index contributed by atoms with van der Waals surface area (Å²) in [5.74, 6) is -1.06. The Labute approximate surface area is 167 Å². The highest BCUT2D eigenvalue weighted by Gasteiger charge is 2.22. The number of esters is 1. The molecule has 0 saturated carbocycles. The van der Waals surface area contributed by atoms with Crippen molar-refractivity contribution in [3.63, 3.8) is 0 Å². The lowest BCUT2D eigenvalue weighted by Gasteiger charge is -2.16. The molecule has 0 unspecified atom stereocenters. The van der Waals surface area contributed by atoms with Crippen LogP contribution in [0.2, 0.25) is 0 Å². The van der Waals surface area contributed by atoms with Crippen LogP contribution in [0, 0.1) is 0 Å². The number of nitrogens with zero attached hydrogens (tertiary/aromatic N) is 2. The number of hydrogen-bond acceptors (Lipinski definition) is 5. The first-order valence-corrected chi connectivity index (χ1v) is 9.33. The molecule has 1 N–H and O–H groups in total. The van der Waals surface area contributed by atoms with E-state index in [-0.39, 0.29) is 11.6 Å². The summed E-state index contributed by atoms with van der Waals surface area (Å²) < 4.78 is 5.08. The van der Waals surface area contributed by atoms with Crippen molar-refractivity contribution >= 4 is 40.1 Å². The van der Waals surface area contributed by atoms with Crippen molar-refractivity contribution in [2.75, 3.05) is 23.4 Å². The minimum atomic E-state index is -0.665. The molecule has 1 aliphatic rings. The summed E-state index contributed by atoms with van der Waals surface area (Å²) in [6, 6.07) is 17.8. The Kier molecular flexibility index (Phi) is 5.20. The van der Waals surface area contributed by atoms with Crippen LogP contribution in [0.15, 0.2) is 60.7 Å². The maximum absolute atomic E-state index is 12.2. The number of para-hydroxylation sites is 1. The third-order valence-electron chi connectivity index (χ3n) is 4.66. The maximum Gasteiger partial charge on any atom is 0.357 e. The Morgan fingerprint density at radius 1 is 1.07 bits per heavy atom. The zero-order valence-electron chi connectivity index (χ0n) is 15.6. The van der Waals surface area contributed by atoms with Gasteiger partial charge in [0.25, 0.3) is 5.91 Å². The van der Waals surface area contributed by atoms with Gasteiger partial charge in [0.15, 0.2) is 6.61 Å². The monoisotopic (exact) mass is 389 g/mol. The second-order valence-electron chi connectivity index (χ2n) is 6.71. The van der Waals surface area contributed by atoms with Crippen molar-refractivity contribution < 1.29 is 19.1 Å². The average Bonchev–Trinajstić information content (AvgIpc) is 3.17. The summed E-state index contributed by atoms with van der Waals surface area (Å²) >= 11 is 0.